The van der Waals surface area contributed by atoms with Crippen molar-refractivity contribution in [3.8, 4) is 16.9 Å². The fraction of sp³-hybridized carbons (Fsp3) is 0.345. The van der Waals surface area contributed by atoms with Crippen molar-refractivity contribution in [1.82, 2.24) is 24.9 Å². The minimum Gasteiger partial charge on any atom is -0.385 e. The SMILES string of the molecule is COCC[C@@H]1C[C@@H](NC(=O)Nc2c(C)c(-c3cnn(C)c3)nn2-c2ccccc2)[C@H](c2ccccc2)C1(F)F. The van der Waals surface area contributed by atoms with Crippen molar-refractivity contribution in [1.29, 1.82) is 0 Å². The molecule has 1 aliphatic carbocycles. The zero-order chi connectivity index (χ0) is 27.6. The van der Waals surface area contributed by atoms with Crippen LogP contribution >= 0.6 is 0 Å². The smallest absolute Gasteiger partial charge is 0.320 e. The van der Waals surface area contributed by atoms with E-state index in [1.807, 2.05) is 50.5 Å². The topological polar surface area (TPSA) is 86.0 Å². The van der Waals surface area contributed by atoms with Gasteiger partial charge in [0.25, 0.3) is 5.92 Å². The average molecular weight is 535 g/mol. The molecule has 4 aromatic rings. The molecule has 2 aromatic carbocycles. The highest BCUT2D eigenvalue weighted by molar-refractivity contribution is 5.91. The first-order valence-corrected chi connectivity index (χ1v) is 12.9. The quantitative estimate of drug-likeness (QED) is 0.311. The number of hydrogen-bond donors (Lipinski definition) is 2. The summed E-state index contributed by atoms with van der Waals surface area (Å²) in [6.45, 7) is 2.09. The number of carbonyl (C=O) groups is 1. The minimum absolute atomic E-state index is 0.140. The summed E-state index contributed by atoms with van der Waals surface area (Å²) in [5.74, 6) is -4.62. The van der Waals surface area contributed by atoms with Crippen LogP contribution in [0.5, 0.6) is 0 Å². The third-order valence-electron chi connectivity index (χ3n) is 7.38. The Morgan fingerprint density at radius 2 is 1.82 bits per heavy atom. The maximum absolute atomic E-state index is 15.7. The van der Waals surface area contributed by atoms with Gasteiger partial charge in [-0.3, -0.25) is 10.00 Å². The summed E-state index contributed by atoms with van der Waals surface area (Å²) in [5, 5.41) is 14.8. The van der Waals surface area contributed by atoms with Crippen molar-refractivity contribution in [3.63, 3.8) is 0 Å². The zero-order valence-corrected chi connectivity index (χ0v) is 22.1. The number of anilines is 1. The third kappa shape index (κ3) is 5.29. The van der Waals surface area contributed by atoms with E-state index in [-0.39, 0.29) is 19.4 Å². The fourth-order valence-corrected chi connectivity index (χ4v) is 5.48. The third-order valence-corrected chi connectivity index (χ3v) is 7.38. The number of hydrogen-bond acceptors (Lipinski definition) is 4. The highest BCUT2D eigenvalue weighted by Gasteiger charge is 2.57. The van der Waals surface area contributed by atoms with Crippen LogP contribution < -0.4 is 10.6 Å². The van der Waals surface area contributed by atoms with Crippen molar-refractivity contribution in [3.05, 3.63) is 84.2 Å². The van der Waals surface area contributed by atoms with Gasteiger partial charge in [0.1, 0.15) is 11.5 Å². The van der Waals surface area contributed by atoms with Crippen LogP contribution in [0.1, 0.15) is 29.9 Å². The number of benzene rings is 2. The van der Waals surface area contributed by atoms with Crippen LogP contribution in [0.3, 0.4) is 0 Å². The molecule has 0 unspecified atom stereocenters. The molecule has 1 fully saturated rings. The zero-order valence-electron chi connectivity index (χ0n) is 22.1. The Morgan fingerprint density at radius 3 is 2.46 bits per heavy atom. The van der Waals surface area contributed by atoms with E-state index in [1.165, 1.54) is 7.11 Å². The van der Waals surface area contributed by atoms with Crippen LogP contribution in [0.2, 0.25) is 0 Å². The largest absolute Gasteiger partial charge is 0.385 e. The standard InChI is InChI=1S/C29H32F2N6O2/c1-19-26(21-17-32-36(2)18-21)35-37(23-12-8-5-9-13-23)27(19)34-28(38)33-24-16-22(14-15-39-3)29(30,31)25(24)20-10-6-4-7-11-20/h4-13,17-18,22,24-25H,14-16H2,1-3H3,(H2,33,34,38)/t22-,24-,25+/m1/s1. The second-order valence-electron chi connectivity index (χ2n) is 9.95. The summed E-state index contributed by atoms with van der Waals surface area (Å²) in [7, 11) is 3.32. The highest BCUT2D eigenvalue weighted by atomic mass is 19.3. The number of carbonyl (C=O) groups excluding carboxylic acids is 1. The molecule has 2 heterocycles. The average Bonchev–Trinajstić information content (AvgIpc) is 3.57. The molecule has 0 aliphatic heterocycles. The Morgan fingerprint density at radius 1 is 1.13 bits per heavy atom. The van der Waals surface area contributed by atoms with Gasteiger partial charge in [-0.1, -0.05) is 48.5 Å². The molecule has 0 radical (unpaired) electrons. The number of nitrogens with zero attached hydrogens (tertiary/aromatic N) is 4. The van der Waals surface area contributed by atoms with Crippen LogP contribution in [0.4, 0.5) is 19.4 Å². The molecule has 39 heavy (non-hydrogen) atoms. The number of amides is 2. The normalized spacial score (nSPS) is 20.2. The Bertz CT molecular complexity index is 1420. The van der Waals surface area contributed by atoms with Crippen LogP contribution in [0.15, 0.2) is 73.1 Å². The maximum Gasteiger partial charge on any atom is 0.320 e. The number of ether oxygens (including phenoxy) is 1. The van der Waals surface area contributed by atoms with Crippen LogP contribution in [0, 0.1) is 12.8 Å². The number of urea groups is 1. The number of halogens is 2. The molecule has 8 nitrogen and oxygen atoms in total. The van der Waals surface area contributed by atoms with Crippen molar-refractivity contribution >= 4 is 11.8 Å². The summed E-state index contributed by atoms with van der Waals surface area (Å²) < 4.78 is 39.8. The van der Waals surface area contributed by atoms with Gasteiger partial charge in [-0.05, 0) is 37.5 Å². The number of para-hydroxylation sites is 1. The van der Waals surface area contributed by atoms with Gasteiger partial charge in [0.2, 0.25) is 0 Å². The van der Waals surface area contributed by atoms with Gasteiger partial charge in [-0.25, -0.2) is 18.3 Å². The molecular formula is C29H32F2N6O2. The molecule has 5 rings (SSSR count). The molecule has 2 N–H and O–H groups in total. The molecule has 10 heteroatoms. The summed E-state index contributed by atoms with van der Waals surface area (Å²) >= 11 is 0. The van der Waals surface area contributed by atoms with Crippen molar-refractivity contribution in [2.45, 2.75) is 37.6 Å². The van der Waals surface area contributed by atoms with Crippen molar-refractivity contribution in [2.24, 2.45) is 13.0 Å². The second kappa shape index (κ2) is 11.0. The van der Waals surface area contributed by atoms with Crippen LogP contribution in [0.25, 0.3) is 16.9 Å². The van der Waals surface area contributed by atoms with E-state index in [2.05, 4.69) is 15.7 Å². The van der Waals surface area contributed by atoms with E-state index in [0.717, 1.165) is 16.8 Å². The van der Waals surface area contributed by atoms with Gasteiger partial charge in [-0.15, -0.1) is 0 Å². The monoisotopic (exact) mass is 534 g/mol. The number of aromatic nitrogens is 4. The maximum atomic E-state index is 15.7. The minimum atomic E-state index is -3.01. The number of methoxy groups -OCH3 is 1. The van der Waals surface area contributed by atoms with Gasteiger partial charge < -0.3 is 10.1 Å². The lowest BCUT2D eigenvalue weighted by Gasteiger charge is -2.27. The first-order valence-electron chi connectivity index (χ1n) is 12.9. The molecule has 3 atom stereocenters. The molecule has 0 saturated heterocycles. The molecule has 1 saturated carbocycles. The molecule has 204 valence electrons. The van der Waals surface area contributed by atoms with Gasteiger partial charge in [-0.2, -0.15) is 10.2 Å². The highest BCUT2D eigenvalue weighted by Crippen LogP contribution is 2.51. The molecular weight excluding hydrogens is 502 g/mol. The Labute approximate surface area is 226 Å². The molecule has 2 amide bonds. The van der Waals surface area contributed by atoms with E-state index in [1.54, 1.807) is 45.9 Å². The molecule has 0 spiro atoms. The first-order chi connectivity index (χ1) is 18.8. The van der Waals surface area contributed by atoms with Crippen molar-refractivity contribution in [2.75, 3.05) is 19.0 Å². The Kier molecular flexibility index (Phi) is 7.47. The van der Waals surface area contributed by atoms with Gasteiger partial charge in [0.15, 0.2) is 0 Å². The predicted molar refractivity (Wildman–Crippen MR) is 145 cm³/mol. The van der Waals surface area contributed by atoms with E-state index in [0.29, 0.717) is 17.1 Å². The van der Waals surface area contributed by atoms with Crippen molar-refractivity contribution < 1.29 is 18.3 Å². The molecule has 2 aromatic heterocycles. The fourth-order valence-electron chi connectivity index (χ4n) is 5.48. The second-order valence-corrected chi connectivity index (χ2v) is 9.95. The van der Waals surface area contributed by atoms with Crippen LogP contribution in [-0.4, -0.2) is 51.3 Å². The predicted octanol–water partition coefficient (Wildman–Crippen LogP) is 5.55. The summed E-state index contributed by atoms with van der Waals surface area (Å²) in [6, 6.07) is 16.7. The lowest BCUT2D eigenvalue weighted by molar-refractivity contribution is -0.0612. The summed E-state index contributed by atoms with van der Waals surface area (Å²) in [5.41, 5.74) is 3.44. The van der Waals surface area contributed by atoms with Gasteiger partial charge in [0, 0.05) is 50.0 Å². The number of nitrogens with one attached hydrogen (secondary N) is 2. The van der Waals surface area contributed by atoms with Gasteiger partial charge >= 0.3 is 6.03 Å². The lowest BCUT2D eigenvalue weighted by Crippen LogP contribution is -2.42. The van der Waals surface area contributed by atoms with E-state index in [9.17, 15) is 4.79 Å². The van der Waals surface area contributed by atoms with E-state index in [4.69, 9.17) is 9.84 Å². The summed E-state index contributed by atoms with van der Waals surface area (Å²) in [4.78, 5) is 13.4. The Hall–Kier alpha value is -4.05. The van der Waals surface area contributed by atoms with Crippen LogP contribution in [-0.2, 0) is 11.8 Å². The first kappa shape index (κ1) is 26.6. The number of aryl methyl sites for hydroxylation is 1. The number of rotatable bonds is 8. The molecule has 0 bridgehead atoms. The summed E-state index contributed by atoms with van der Waals surface area (Å²) in [6.07, 6.45) is 3.90. The van der Waals surface area contributed by atoms with E-state index < -0.39 is 29.8 Å². The lowest BCUT2D eigenvalue weighted by atomic mass is 9.89. The van der Waals surface area contributed by atoms with Gasteiger partial charge in [0.05, 0.1) is 17.8 Å². The molecule has 1 aliphatic rings. The number of alkyl halides is 2. The van der Waals surface area contributed by atoms with E-state index >= 15 is 8.78 Å². The Balaban J connectivity index is 1.45.